The lowest BCUT2D eigenvalue weighted by Crippen LogP contribution is -3.00. The summed E-state index contributed by atoms with van der Waals surface area (Å²) in [6, 6.07) is 8.05. The van der Waals surface area contributed by atoms with Gasteiger partial charge < -0.3 is 40.2 Å². The zero-order valence-electron chi connectivity index (χ0n) is 13.5. The number of fused-ring (bicyclic) bond motifs is 1. The van der Waals surface area contributed by atoms with E-state index >= 15 is 0 Å². The Kier molecular flexibility index (Phi) is 9.56. The summed E-state index contributed by atoms with van der Waals surface area (Å²) >= 11 is 0. The maximum Gasteiger partial charge on any atom is 0.279 e. The highest BCUT2D eigenvalue weighted by molar-refractivity contribution is 6.02. The van der Waals surface area contributed by atoms with Crippen LogP contribution in [0.15, 0.2) is 30.5 Å². The number of H-pyrrole nitrogens is 1. The van der Waals surface area contributed by atoms with E-state index in [-0.39, 0.29) is 30.7 Å². The molecule has 0 saturated carbocycles. The van der Waals surface area contributed by atoms with Crippen LogP contribution in [0.1, 0.15) is 20.8 Å². The van der Waals surface area contributed by atoms with Crippen molar-refractivity contribution in [3.8, 4) is 5.75 Å². The van der Waals surface area contributed by atoms with Crippen LogP contribution in [-0.4, -0.2) is 25.1 Å². The molecule has 1 amide bonds. The number of carbonyl (C=O) groups is 1. The molecule has 0 spiro atoms. The molecule has 0 fully saturated rings. The Morgan fingerprint density at radius 1 is 1.30 bits per heavy atom. The molecule has 0 aliphatic heterocycles. The van der Waals surface area contributed by atoms with E-state index in [2.05, 4.69) is 24.1 Å². The molecule has 2 aromatic rings. The molecule has 0 saturated heterocycles. The first-order chi connectivity index (χ1) is 10.1. The van der Waals surface area contributed by atoms with Crippen LogP contribution >= 0.6 is 0 Å². The van der Waals surface area contributed by atoms with Crippen molar-refractivity contribution in [1.29, 1.82) is 0 Å². The van der Waals surface area contributed by atoms with E-state index < -0.39 is 0 Å². The van der Waals surface area contributed by atoms with Crippen molar-refractivity contribution in [2.45, 2.75) is 26.8 Å². The molecule has 1 aromatic carbocycles. The lowest BCUT2D eigenvalue weighted by Gasteiger charge is -2.09. The van der Waals surface area contributed by atoms with E-state index in [4.69, 9.17) is 4.74 Å². The standard InChI is InChI=1S/C16H21N3O2.2ClH/c1-4-21-14-8-7-13(12-6-5-9-17-16(12)14)19-15(20)10-18-11(2)3;;/h5-9,11,18H,4,10H2,1-3H3,(H,19,20);2*1H. The molecule has 23 heavy (non-hydrogen) atoms. The molecular weight excluding hydrogens is 337 g/mol. The minimum atomic E-state index is -0.00184. The summed E-state index contributed by atoms with van der Waals surface area (Å²) in [7, 11) is 0. The van der Waals surface area contributed by atoms with Gasteiger partial charge in [-0.15, -0.1) is 0 Å². The number of hydrogen-bond acceptors (Lipinski definition) is 2. The van der Waals surface area contributed by atoms with Crippen LogP contribution in [0.4, 0.5) is 5.69 Å². The van der Waals surface area contributed by atoms with Gasteiger partial charge in [0.15, 0.2) is 18.5 Å². The molecule has 128 valence electrons. The largest absolute Gasteiger partial charge is 1.00 e. The number of rotatable bonds is 6. The summed E-state index contributed by atoms with van der Waals surface area (Å²) < 4.78 is 5.61. The van der Waals surface area contributed by atoms with Gasteiger partial charge in [0.25, 0.3) is 11.4 Å². The van der Waals surface area contributed by atoms with Crippen molar-refractivity contribution < 1.29 is 44.6 Å². The summed E-state index contributed by atoms with van der Waals surface area (Å²) in [5, 5.41) is 5.91. The molecule has 0 aliphatic carbocycles. The van der Waals surface area contributed by atoms with Crippen molar-refractivity contribution in [1.82, 2.24) is 0 Å². The van der Waals surface area contributed by atoms with Crippen molar-refractivity contribution >= 4 is 22.5 Å². The number of nitrogens with one attached hydrogen (secondary N) is 2. The summed E-state index contributed by atoms with van der Waals surface area (Å²) in [6.45, 7) is 7.10. The van der Waals surface area contributed by atoms with Gasteiger partial charge in [0, 0.05) is 6.07 Å². The average Bonchev–Trinajstić information content (AvgIpc) is 2.48. The summed E-state index contributed by atoms with van der Waals surface area (Å²) in [5.41, 5.74) is 1.69. The molecule has 0 atom stereocenters. The van der Waals surface area contributed by atoms with E-state index in [0.29, 0.717) is 19.2 Å². The highest BCUT2D eigenvalue weighted by Crippen LogP contribution is 2.28. The zero-order valence-corrected chi connectivity index (χ0v) is 15.0. The number of ether oxygens (including phenoxy) is 1. The highest BCUT2D eigenvalue weighted by atomic mass is 35.5. The Morgan fingerprint density at radius 3 is 2.70 bits per heavy atom. The smallest absolute Gasteiger partial charge is 0.279 e. The Balaban J connectivity index is 0.00000242. The second-order valence-electron chi connectivity index (χ2n) is 5.24. The summed E-state index contributed by atoms with van der Waals surface area (Å²) in [6.07, 6.45) is 1.85. The van der Waals surface area contributed by atoms with E-state index in [0.717, 1.165) is 22.3 Å². The molecule has 5 nitrogen and oxygen atoms in total. The predicted molar refractivity (Wildman–Crippen MR) is 82.2 cm³/mol. The molecule has 1 aromatic heterocycles. The SMILES string of the molecule is CCOc1ccc(NC(=O)C[NH2+]C(C)C)c2ccc[nH+]c12.[Cl-].[Cl-]. The quantitative estimate of drug-likeness (QED) is 0.542. The van der Waals surface area contributed by atoms with Crippen molar-refractivity contribution in [2.75, 3.05) is 18.5 Å². The Bertz CT molecular complexity index is 636. The van der Waals surface area contributed by atoms with Crippen LogP contribution in [0.2, 0.25) is 0 Å². The normalized spacial score (nSPS) is 9.91. The zero-order chi connectivity index (χ0) is 15.2. The van der Waals surface area contributed by atoms with Crippen molar-refractivity contribution in [2.24, 2.45) is 0 Å². The molecule has 0 bridgehead atoms. The Morgan fingerprint density at radius 2 is 2.04 bits per heavy atom. The number of aromatic nitrogens is 1. The number of anilines is 1. The third-order valence-electron chi connectivity index (χ3n) is 3.14. The molecule has 0 unspecified atom stereocenters. The molecule has 1 heterocycles. The lowest BCUT2D eigenvalue weighted by atomic mass is 10.1. The lowest BCUT2D eigenvalue weighted by molar-refractivity contribution is -0.672. The van der Waals surface area contributed by atoms with Gasteiger partial charge in [0.1, 0.15) is 0 Å². The van der Waals surface area contributed by atoms with Crippen LogP contribution < -0.4 is 45.2 Å². The second-order valence-corrected chi connectivity index (χ2v) is 5.24. The van der Waals surface area contributed by atoms with Crippen LogP contribution in [0, 0.1) is 0 Å². The fraction of sp³-hybridized carbons (Fsp3) is 0.375. The third kappa shape index (κ3) is 5.86. The van der Waals surface area contributed by atoms with Gasteiger partial charge in [-0.05, 0) is 39.0 Å². The Hall–Kier alpha value is -1.56. The maximum atomic E-state index is 12.0. The van der Waals surface area contributed by atoms with Gasteiger partial charge in [-0.3, -0.25) is 4.79 Å². The van der Waals surface area contributed by atoms with Gasteiger partial charge in [0.2, 0.25) is 0 Å². The predicted octanol–water partition coefficient (Wildman–Crippen LogP) is -5.03. The van der Waals surface area contributed by atoms with Gasteiger partial charge >= 0.3 is 0 Å². The molecule has 0 radical (unpaired) electrons. The number of hydrogen-bond donors (Lipinski definition) is 2. The first-order valence-corrected chi connectivity index (χ1v) is 7.31. The average molecular weight is 360 g/mol. The van der Waals surface area contributed by atoms with Crippen molar-refractivity contribution in [3.63, 3.8) is 0 Å². The van der Waals surface area contributed by atoms with E-state index in [1.165, 1.54) is 0 Å². The first kappa shape index (κ1) is 21.4. The number of aromatic amines is 1. The highest BCUT2D eigenvalue weighted by Gasteiger charge is 2.14. The van der Waals surface area contributed by atoms with Gasteiger partial charge in [0.05, 0.1) is 23.7 Å². The number of amides is 1. The number of nitrogens with two attached hydrogens (primary N) is 1. The molecular formula is C16H23Cl2N3O2. The molecule has 4 N–H and O–H groups in total. The summed E-state index contributed by atoms with van der Waals surface area (Å²) in [4.78, 5) is 15.2. The molecule has 2 rings (SSSR count). The van der Waals surface area contributed by atoms with Crippen LogP contribution in [0.3, 0.4) is 0 Å². The number of carbonyl (C=O) groups excluding carboxylic acids is 1. The van der Waals surface area contributed by atoms with Gasteiger partial charge in [-0.1, -0.05) is 0 Å². The van der Waals surface area contributed by atoms with Crippen LogP contribution in [-0.2, 0) is 4.79 Å². The van der Waals surface area contributed by atoms with E-state index in [9.17, 15) is 4.79 Å². The topological polar surface area (TPSA) is 69.1 Å². The number of quaternary nitrogens is 1. The van der Waals surface area contributed by atoms with Crippen LogP contribution in [0.5, 0.6) is 5.75 Å². The fourth-order valence-electron chi connectivity index (χ4n) is 2.13. The minimum absolute atomic E-state index is 0. The fourth-order valence-corrected chi connectivity index (χ4v) is 2.13. The van der Waals surface area contributed by atoms with Crippen molar-refractivity contribution in [3.05, 3.63) is 30.5 Å². The third-order valence-corrected chi connectivity index (χ3v) is 3.14. The summed E-state index contributed by atoms with van der Waals surface area (Å²) in [5.74, 6) is 0.790. The van der Waals surface area contributed by atoms with E-state index in [1.54, 1.807) is 0 Å². The molecule has 0 aliphatic rings. The maximum absolute atomic E-state index is 12.0. The van der Waals surface area contributed by atoms with E-state index in [1.807, 2.05) is 42.7 Å². The van der Waals surface area contributed by atoms with Gasteiger partial charge in [-0.2, -0.15) is 0 Å². The minimum Gasteiger partial charge on any atom is -1.00 e. The first-order valence-electron chi connectivity index (χ1n) is 7.31. The monoisotopic (exact) mass is 359 g/mol. The Labute approximate surface area is 149 Å². The van der Waals surface area contributed by atoms with Crippen LogP contribution in [0.25, 0.3) is 10.9 Å². The number of benzene rings is 1. The second kappa shape index (κ2) is 10.3. The number of pyridine rings is 1. The number of halogens is 2. The molecule has 7 heteroatoms. The van der Waals surface area contributed by atoms with Gasteiger partial charge in [-0.25, -0.2) is 4.98 Å².